The fraction of sp³-hybridized carbons (Fsp3) is 0.833. The Kier molecular flexibility index (Phi) is 3.30. The molecule has 1 heterocycles. The van der Waals surface area contributed by atoms with Crippen molar-refractivity contribution < 1.29 is 19.8 Å². The highest BCUT2D eigenvalue weighted by molar-refractivity contribution is 5.67. The van der Waals surface area contributed by atoms with Gasteiger partial charge in [-0.05, 0) is 12.8 Å². The molecule has 0 radical (unpaired) electrons. The van der Waals surface area contributed by atoms with Crippen molar-refractivity contribution in [2.24, 2.45) is 5.22 Å². The van der Waals surface area contributed by atoms with Crippen molar-refractivity contribution in [3.05, 3.63) is 5.21 Å². The Morgan fingerprint density at radius 2 is 2.23 bits per heavy atom. The normalized spacial score (nSPS) is 17.5. The molecule has 13 heavy (non-hydrogen) atoms. The first kappa shape index (κ1) is 9.56. The van der Waals surface area contributed by atoms with Gasteiger partial charge in [0.15, 0.2) is 0 Å². The predicted molar refractivity (Wildman–Crippen MR) is 40.5 cm³/mol. The van der Waals surface area contributed by atoms with E-state index < -0.39 is 12.6 Å². The molecule has 1 aliphatic heterocycles. The van der Waals surface area contributed by atoms with Crippen molar-refractivity contribution in [1.29, 1.82) is 0 Å². The van der Waals surface area contributed by atoms with Crippen molar-refractivity contribution in [2.75, 3.05) is 19.7 Å². The number of rotatable bonds is 4. The Hall–Kier alpha value is -1.53. The molecule has 1 N–H and O–H groups in total. The van der Waals surface area contributed by atoms with Gasteiger partial charge in [0, 0.05) is 0 Å². The summed E-state index contributed by atoms with van der Waals surface area (Å²) in [7, 11) is 0. The lowest BCUT2D eigenvalue weighted by Gasteiger charge is -2.06. The van der Waals surface area contributed by atoms with Crippen LogP contribution in [-0.4, -0.2) is 40.8 Å². The minimum atomic E-state index is -1.20. The van der Waals surface area contributed by atoms with Gasteiger partial charge >= 0.3 is 5.97 Å². The Balaban J connectivity index is 2.27. The number of aliphatic carboxylic acids is 1. The maximum absolute atomic E-state index is 10.7. The molecule has 0 aliphatic carbocycles. The molecular weight excluding hydrogens is 178 g/mol. The molecule has 0 unspecified atom stereocenters. The standard InChI is InChI=1S/C6H11N3O4/c10-6(11)5-13-9(12)7-8-3-1-2-4-8/h1-5H2,(H,10,11)/b9-7-. The van der Waals surface area contributed by atoms with Crippen LogP contribution in [0.1, 0.15) is 12.8 Å². The molecule has 1 fully saturated rings. The van der Waals surface area contributed by atoms with E-state index in [1.54, 1.807) is 5.01 Å². The fourth-order valence-corrected chi connectivity index (χ4v) is 1.03. The fourth-order valence-electron chi connectivity index (χ4n) is 1.03. The van der Waals surface area contributed by atoms with Crippen LogP contribution in [0.2, 0.25) is 0 Å². The molecule has 1 rings (SSSR count). The average Bonchev–Trinajstić information content (AvgIpc) is 2.53. The highest BCUT2D eigenvalue weighted by Gasteiger charge is 2.16. The molecule has 0 aromatic carbocycles. The van der Waals surface area contributed by atoms with E-state index in [0.29, 0.717) is 0 Å². The smallest absolute Gasteiger partial charge is 0.317 e. The highest BCUT2D eigenvalue weighted by atomic mass is 16.9. The van der Waals surface area contributed by atoms with E-state index in [4.69, 9.17) is 5.11 Å². The molecule has 0 aromatic rings. The zero-order valence-electron chi connectivity index (χ0n) is 7.05. The van der Waals surface area contributed by atoms with Crippen molar-refractivity contribution in [3.63, 3.8) is 0 Å². The molecule has 1 aliphatic rings. The van der Waals surface area contributed by atoms with Crippen molar-refractivity contribution in [1.82, 2.24) is 5.01 Å². The Labute approximate surface area is 74.7 Å². The van der Waals surface area contributed by atoms with Crippen LogP contribution in [0.4, 0.5) is 0 Å². The number of carboxylic acids is 1. The summed E-state index contributed by atoms with van der Waals surface area (Å²) in [4.78, 5) is 14.2. The van der Waals surface area contributed by atoms with Gasteiger partial charge < -0.3 is 15.2 Å². The number of carbonyl (C=O) groups is 1. The second-order valence-corrected chi connectivity index (χ2v) is 2.66. The van der Waals surface area contributed by atoms with Crippen molar-refractivity contribution >= 4 is 5.97 Å². The average molecular weight is 189 g/mol. The van der Waals surface area contributed by atoms with E-state index in [-0.39, 0.29) is 5.02 Å². The molecule has 74 valence electrons. The van der Waals surface area contributed by atoms with E-state index in [1.165, 1.54) is 0 Å². The maximum atomic E-state index is 10.7. The minimum absolute atomic E-state index is 0.0561. The van der Waals surface area contributed by atoms with E-state index in [2.05, 4.69) is 10.1 Å². The van der Waals surface area contributed by atoms with Crippen LogP contribution in [0.25, 0.3) is 0 Å². The number of hydrogen-bond donors (Lipinski definition) is 1. The quantitative estimate of drug-likeness (QED) is 0.495. The monoisotopic (exact) mass is 189 g/mol. The topological polar surface area (TPSA) is 88.2 Å². The molecule has 0 bridgehead atoms. The predicted octanol–water partition coefficient (Wildman–Crippen LogP) is -0.0241. The third kappa shape index (κ3) is 3.59. The van der Waals surface area contributed by atoms with Crippen LogP contribution in [0.3, 0.4) is 0 Å². The second-order valence-electron chi connectivity index (χ2n) is 2.66. The number of nitrogens with zero attached hydrogens (tertiary/aromatic N) is 3. The summed E-state index contributed by atoms with van der Waals surface area (Å²) < 4.78 is 0. The molecule has 0 atom stereocenters. The van der Waals surface area contributed by atoms with E-state index in [0.717, 1.165) is 25.9 Å². The zero-order valence-corrected chi connectivity index (χ0v) is 7.05. The summed E-state index contributed by atoms with van der Waals surface area (Å²) in [5.41, 5.74) is 0. The van der Waals surface area contributed by atoms with Crippen LogP contribution >= 0.6 is 0 Å². The lowest BCUT2D eigenvalue weighted by Crippen LogP contribution is -2.18. The van der Waals surface area contributed by atoms with E-state index in [1.807, 2.05) is 0 Å². The van der Waals surface area contributed by atoms with Crippen molar-refractivity contribution in [3.8, 4) is 0 Å². The van der Waals surface area contributed by atoms with Crippen LogP contribution in [0.15, 0.2) is 5.22 Å². The van der Waals surface area contributed by atoms with Gasteiger partial charge in [-0.3, -0.25) is 4.79 Å². The molecule has 7 nitrogen and oxygen atoms in total. The molecule has 0 saturated carbocycles. The molecule has 7 heteroatoms. The maximum Gasteiger partial charge on any atom is 0.317 e. The molecule has 0 spiro atoms. The lowest BCUT2D eigenvalue weighted by atomic mass is 10.4. The summed E-state index contributed by atoms with van der Waals surface area (Å²) in [5.74, 6) is -1.20. The minimum Gasteiger partial charge on any atom is -0.480 e. The van der Waals surface area contributed by atoms with Crippen LogP contribution < -0.4 is 0 Å². The molecule has 1 saturated heterocycles. The molecule has 0 amide bonds. The first-order chi connectivity index (χ1) is 6.18. The second kappa shape index (κ2) is 4.48. The summed E-state index contributed by atoms with van der Waals surface area (Å²) in [6.45, 7) is 0.769. The molecule has 0 aromatic heterocycles. The van der Waals surface area contributed by atoms with Gasteiger partial charge in [-0.1, -0.05) is 0 Å². The van der Waals surface area contributed by atoms with Crippen LogP contribution in [0, 0.1) is 5.21 Å². The first-order valence-electron chi connectivity index (χ1n) is 3.97. The summed E-state index contributed by atoms with van der Waals surface area (Å²) >= 11 is 0. The number of carboxylic acid groups (broad SMARTS) is 1. The van der Waals surface area contributed by atoms with Gasteiger partial charge in [-0.2, -0.15) is 5.01 Å². The van der Waals surface area contributed by atoms with E-state index >= 15 is 0 Å². The Morgan fingerprint density at radius 3 is 2.77 bits per heavy atom. The van der Waals surface area contributed by atoms with Crippen LogP contribution in [-0.2, 0) is 9.63 Å². The Morgan fingerprint density at radius 1 is 1.62 bits per heavy atom. The Bertz CT molecular complexity index is 212. The van der Waals surface area contributed by atoms with Gasteiger partial charge in [-0.15, -0.1) is 0 Å². The van der Waals surface area contributed by atoms with Gasteiger partial charge in [0.1, 0.15) is 24.9 Å². The highest BCUT2D eigenvalue weighted by Crippen LogP contribution is 2.07. The van der Waals surface area contributed by atoms with Gasteiger partial charge in [0.25, 0.3) is 0 Å². The van der Waals surface area contributed by atoms with Crippen LogP contribution in [0.5, 0.6) is 0 Å². The third-order valence-corrected chi connectivity index (χ3v) is 1.58. The number of hydrogen-bond acceptors (Lipinski definition) is 4. The third-order valence-electron chi connectivity index (χ3n) is 1.58. The summed E-state index contributed by atoms with van der Waals surface area (Å²) in [6.07, 6.45) is 1.99. The zero-order chi connectivity index (χ0) is 9.68. The largest absolute Gasteiger partial charge is 0.480 e. The molecular formula is C6H11N3O4. The van der Waals surface area contributed by atoms with Gasteiger partial charge in [0.2, 0.25) is 0 Å². The summed E-state index contributed by atoms with van der Waals surface area (Å²) in [6, 6.07) is 0. The SMILES string of the molecule is O=C(O)CO/[N+]([O-])=N\N1CCCC1. The first-order valence-corrected chi connectivity index (χ1v) is 3.97. The summed E-state index contributed by atoms with van der Waals surface area (Å²) in [5, 5.41) is 23.9. The van der Waals surface area contributed by atoms with E-state index in [9.17, 15) is 10.0 Å². The van der Waals surface area contributed by atoms with Crippen molar-refractivity contribution in [2.45, 2.75) is 12.8 Å². The van der Waals surface area contributed by atoms with Gasteiger partial charge in [-0.25, -0.2) is 0 Å². The van der Waals surface area contributed by atoms with Gasteiger partial charge in [0.05, 0.1) is 5.02 Å². The lowest BCUT2D eigenvalue weighted by molar-refractivity contribution is -0.795.